The summed E-state index contributed by atoms with van der Waals surface area (Å²) in [5.41, 5.74) is 2.36. The highest BCUT2D eigenvalue weighted by Crippen LogP contribution is 2.59. The molecule has 2 aliphatic rings. The van der Waals surface area contributed by atoms with E-state index in [2.05, 4.69) is 14.9 Å². The van der Waals surface area contributed by atoms with Gasteiger partial charge in [0.1, 0.15) is 5.82 Å². The molecule has 1 atom stereocenters. The predicted molar refractivity (Wildman–Crippen MR) is 126 cm³/mol. The van der Waals surface area contributed by atoms with E-state index < -0.39 is 5.82 Å². The van der Waals surface area contributed by atoms with Crippen molar-refractivity contribution in [1.29, 1.82) is 0 Å². The SMILES string of the molecule is COc1ccc(C(=O)N2CCC3(CC2)CC3C(=O)NCCc2nc3ccccc3n2C)cc1F. The van der Waals surface area contributed by atoms with Gasteiger partial charge in [-0.15, -0.1) is 0 Å². The molecule has 8 heteroatoms. The van der Waals surface area contributed by atoms with E-state index in [1.807, 2.05) is 31.3 Å². The maximum atomic E-state index is 14.0. The lowest BCUT2D eigenvalue weighted by Gasteiger charge is -2.33. The van der Waals surface area contributed by atoms with E-state index in [0.717, 1.165) is 36.1 Å². The first-order chi connectivity index (χ1) is 16.4. The number of rotatable bonds is 6. The molecule has 1 aliphatic carbocycles. The van der Waals surface area contributed by atoms with Gasteiger partial charge >= 0.3 is 0 Å². The lowest BCUT2D eigenvalue weighted by Crippen LogP contribution is -2.40. The number of methoxy groups -OCH3 is 1. The molecular formula is C26H29FN4O3. The number of hydrogen-bond acceptors (Lipinski definition) is 4. The molecule has 1 unspecified atom stereocenters. The third kappa shape index (κ3) is 4.02. The van der Waals surface area contributed by atoms with Crippen molar-refractivity contribution in [3.63, 3.8) is 0 Å². The molecule has 2 heterocycles. The highest BCUT2D eigenvalue weighted by Gasteiger charge is 2.58. The summed E-state index contributed by atoms with van der Waals surface area (Å²) in [6, 6.07) is 12.3. The minimum atomic E-state index is -0.542. The largest absolute Gasteiger partial charge is 0.494 e. The topological polar surface area (TPSA) is 76.5 Å². The Bertz CT molecular complexity index is 1250. The van der Waals surface area contributed by atoms with Gasteiger partial charge in [0.05, 0.1) is 18.1 Å². The summed E-state index contributed by atoms with van der Waals surface area (Å²) >= 11 is 0. The second-order valence-corrected chi connectivity index (χ2v) is 9.38. The number of fused-ring (bicyclic) bond motifs is 1. The number of imidazole rings is 1. The Balaban J connectivity index is 1.11. The van der Waals surface area contributed by atoms with Crippen LogP contribution in [0.1, 0.15) is 35.4 Å². The molecule has 2 amide bonds. The zero-order valence-electron chi connectivity index (χ0n) is 19.5. The molecule has 178 valence electrons. The molecule has 5 rings (SSSR count). The Labute approximate surface area is 197 Å². The number of piperidine rings is 1. The van der Waals surface area contributed by atoms with E-state index in [4.69, 9.17) is 4.74 Å². The smallest absolute Gasteiger partial charge is 0.253 e. The number of aryl methyl sites for hydroxylation is 1. The molecule has 1 aromatic heterocycles. The van der Waals surface area contributed by atoms with Crippen LogP contribution in [-0.4, -0.2) is 53.0 Å². The number of amides is 2. The molecule has 1 saturated carbocycles. The molecule has 2 aromatic carbocycles. The van der Waals surface area contributed by atoms with Crippen molar-refractivity contribution in [2.24, 2.45) is 18.4 Å². The van der Waals surface area contributed by atoms with Crippen LogP contribution in [0.25, 0.3) is 11.0 Å². The van der Waals surface area contributed by atoms with Crippen LogP contribution in [0.3, 0.4) is 0 Å². The van der Waals surface area contributed by atoms with Gasteiger partial charge in [0, 0.05) is 44.6 Å². The fourth-order valence-electron chi connectivity index (χ4n) is 5.25. The highest BCUT2D eigenvalue weighted by atomic mass is 19.1. The van der Waals surface area contributed by atoms with Gasteiger partial charge < -0.3 is 19.5 Å². The Hall–Kier alpha value is -3.42. The summed E-state index contributed by atoms with van der Waals surface area (Å²) in [5, 5.41) is 3.09. The van der Waals surface area contributed by atoms with E-state index in [-0.39, 0.29) is 28.9 Å². The zero-order valence-corrected chi connectivity index (χ0v) is 19.5. The molecule has 1 spiro atoms. The molecule has 1 aliphatic heterocycles. The van der Waals surface area contributed by atoms with Crippen LogP contribution < -0.4 is 10.1 Å². The highest BCUT2D eigenvalue weighted by molar-refractivity contribution is 5.94. The summed E-state index contributed by atoms with van der Waals surface area (Å²) < 4.78 is 21.0. The standard InChI is InChI=1S/C26H29FN4O3/c1-30-21-6-4-3-5-20(21)29-23(30)9-12-28-24(32)18-16-26(18)10-13-31(14-11-26)25(33)17-7-8-22(34-2)19(27)15-17/h3-8,15,18H,9-14,16H2,1-2H3,(H,28,32). The Kier molecular flexibility index (Phi) is 5.75. The van der Waals surface area contributed by atoms with Gasteiger partial charge in [-0.05, 0) is 55.0 Å². The molecule has 7 nitrogen and oxygen atoms in total. The van der Waals surface area contributed by atoms with Crippen LogP contribution in [-0.2, 0) is 18.3 Å². The number of nitrogens with one attached hydrogen (secondary N) is 1. The molecule has 1 N–H and O–H groups in total. The van der Waals surface area contributed by atoms with Crippen LogP contribution in [0.4, 0.5) is 4.39 Å². The summed E-state index contributed by atoms with van der Waals surface area (Å²) in [4.78, 5) is 32.0. The first-order valence-corrected chi connectivity index (χ1v) is 11.7. The predicted octanol–water partition coefficient (Wildman–Crippen LogP) is 3.32. The number of likely N-dealkylation sites (tertiary alicyclic amines) is 1. The van der Waals surface area contributed by atoms with E-state index in [1.165, 1.54) is 19.2 Å². The molecule has 0 bridgehead atoms. The maximum Gasteiger partial charge on any atom is 0.253 e. The Morgan fingerprint density at radius 2 is 1.97 bits per heavy atom. The van der Waals surface area contributed by atoms with Crippen molar-refractivity contribution in [3.05, 3.63) is 59.7 Å². The number of carbonyl (C=O) groups is 2. The molecule has 2 fully saturated rings. The van der Waals surface area contributed by atoms with Gasteiger partial charge in [-0.3, -0.25) is 9.59 Å². The van der Waals surface area contributed by atoms with Crippen LogP contribution in [0, 0.1) is 17.2 Å². The summed E-state index contributed by atoms with van der Waals surface area (Å²) in [7, 11) is 3.39. The fourth-order valence-corrected chi connectivity index (χ4v) is 5.25. The van der Waals surface area contributed by atoms with Crippen molar-refractivity contribution in [1.82, 2.24) is 19.8 Å². The third-order valence-electron chi connectivity index (χ3n) is 7.48. The van der Waals surface area contributed by atoms with E-state index in [9.17, 15) is 14.0 Å². The van der Waals surface area contributed by atoms with Crippen LogP contribution >= 0.6 is 0 Å². The maximum absolute atomic E-state index is 14.0. The third-order valence-corrected chi connectivity index (χ3v) is 7.48. The van der Waals surface area contributed by atoms with Gasteiger partial charge in [-0.1, -0.05) is 12.1 Å². The van der Waals surface area contributed by atoms with Gasteiger partial charge in [0.25, 0.3) is 5.91 Å². The molecular weight excluding hydrogens is 435 g/mol. The molecule has 3 aromatic rings. The van der Waals surface area contributed by atoms with E-state index in [1.54, 1.807) is 11.0 Å². The van der Waals surface area contributed by atoms with Crippen molar-refractivity contribution in [3.8, 4) is 5.75 Å². The number of benzene rings is 2. The minimum absolute atomic E-state index is 0.00336. The second-order valence-electron chi connectivity index (χ2n) is 9.38. The zero-order chi connectivity index (χ0) is 23.9. The normalized spacial score (nSPS) is 18.8. The van der Waals surface area contributed by atoms with Gasteiger partial charge in [-0.25, -0.2) is 9.37 Å². The minimum Gasteiger partial charge on any atom is -0.494 e. The lowest BCUT2D eigenvalue weighted by molar-refractivity contribution is -0.123. The monoisotopic (exact) mass is 464 g/mol. The molecule has 1 saturated heterocycles. The number of halogens is 1. The summed E-state index contributed by atoms with van der Waals surface area (Å²) in [6.45, 7) is 1.71. The Morgan fingerprint density at radius 1 is 1.21 bits per heavy atom. The Morgan fingerprint density at radius 3 is 2.68 bits per heavy atom. The van der Waals surface area contributed by atoms with Gasteiger partial charge in [0.2, 0.25) is 5.91 Å². The van der Waals surface area contributed by atoms with Crippen LogP contribution in [0.2, 0.25) is 0 Å². The lowest BCUT2D eigenvalue weighted by atomic mass is 9.90. The summed E-state index contributed by atoms with van der Waals surface area (Å²) in [5.74, 6) is 0.449. The van der Waals surface area contributed by atoms with Crippen molar-refractivity contribution >= 4 is 22.8 Å². The van der Waals surface area contributed by atoms with Crippen molar-refractivity contribution in [2.45, 2.75) is 25.7 Å². The number of hydrogen-bond donors (Lipinski definition) is 1. The quantitative estimate of drug-likeness (QED) is 0.607. The van der Waals surface area contributed by atoms with Crippen molar-refractivity contribution < 1.29 is 18.7 Å². The average Bonchev–Trinajstić information content (AvgIpc) is 3.46. The average molecular weight is 465 g/mol. The number of nitrogens with zero attached hydrogens (tertiary/aromatic N) is 3. The van der Waals surface area contributed by atoms with Crippen LogP contribution in [0.5, 0.6) is 5.75 Å². The number of aromatic nitrogens is 2. The molecule has 0 radical (unpaired) electrons. The first-order valence-electron chi connectivity index (χ1n) is 11.7. The number of ether oxygens (including phenoxy) is 1. The number of para-hydroxylation sites is 2. The van der Waals surface area contributed by atoms with E-state index in [0.29, 0.717) is 31.6 Å². The van der Waals surface area contributed by atoms with E-state index >= 15 is 0 Å². The first kappa shape index (κ1) is 22.4. The summed E-state index contributed by atoms with van der Waals surface area (Å²) in [6.07, 6.45) is 3.13. The van der Waals surface area contributed by atoms with Crippen LogP contribution in [0.15, 0.2) is 42.5 Å². The van der Waals surface area contributed by atoms with Gasteiger partial charge in [0.15, 0.2) is 11.6 Å². The fraction of sp³-hybridized carbons (Fsp3) is 0.423. The number of carbonyl (C=O) groups excluding carboxylic acids is 2. The van der Waals surface area contributed by atoms with Gasteiger partial charge in [-0.2, -0.15) is 0 Å². The molecule has 34 heavy (non-hydrogen) atoms. The van der Waals surface area contributed by atoms with Crippen molar-refractivity contribution in [2.75, 3.05) is 26.7 Å². The second kappa shape index (κ2) is 8.74.